The molecular weight excluding hydrogens is 631 g/mol. The second-order valence-electron chi connectivity index (χ2n) is 12.1. The van der Waals surface area contributed by atoms with E-state index in [4.69, 9.17) is 9.15 Å². The van der Waals surface area contributed by atoms with E-state index >= 15 is 0 Å². The molecule has 0 radical (unpaired) electrons. The van der Waals surface area contributed by atoms with Gasteiger partial charge in [-0.3, -0.25) is 24.3 Å². The number of hydrogen-bond donors (Lipinski definition) is 2. The van der Waals surface area contributed by atoms with Crippen LogP contribution in [-0.2, 0) is 28.1 Å². The highest BCUT2D eigenvalue weighted by molar-refractivity contribution is 5.98. The number of ketones is 1. The molecule has 0 saturated heterocycles. The Labute approximate surface area is 281 Å². The number of nitrogens with zero attached hydrogens (tertiary/aromatic N) is 4. The largest absolute Gasteiger partial charge is 0.444 e. The first kappa shape index (κ1) is 34.4. The summed E-state index contributed by atoms with van der Waals surface area (Å²) in [6.07, 6.45) is 0.220. The van der Waals surface area contributed by atoms with Gasteiger partial charge in [0.25, 0.3) is 11.4 Å². The lowest BCUT2D eigenvalue weighted by Crippen LogP contribution is -2.46. The molecule has 2 N–H and O–H groups in total. The molecule has 0 bridgehead atoms. The number of carbonyl (C=O) groups is 3. The zero-order chi connectivity index (χ0) is 35.1. The van der Waals surface area contributed by atoms with Gasteiger partial charge in [-0.2, -0.15) is 0 Å². The molecule has 5 rings (SSSR count). The van der Waals surface area contributed by atoms with Crippen LogP contribution >= 0.6 is 0 Å². The fourth-order valence-corrected chi connectivity index (χ4v) is 5.01. The van der Waals surface area contributed by atoms with Gasteiger partial charge in [0.05, 0.1) is 17.7 Å². The molecule has 0 saturated carbocycles. The van der Waals surface area contributed by atoms with Crippen LogP contribution < -0.4 is 16.2 Å². The maximum absolute atomic E-state index is 13.7. The Hall–Kier alpha value is -5.98. The third kappa shape index (κ3) is 8.12. The van der Waals surface area contributed by atoms with Gasteiger partial charge >= 0.3 is 6.09 Å². The SMILES string of the molecule is CC(C)C(NC(=O)Cn1c(-c2ccc(F)cc2)ncc(NC(=O)OCc2ccccc2)c1=O)C(=O)c1nnc(C(C)(C)c2ccccc2)o1. The van der Waals surface area contributed by atoms with Crippen LogP contribution in [0.4, 0.5) is 14.9 Å². The molecule has 252 valence electrons. The molecule has 12 nitrogen and oxygen atoms in total. The highest BCUT2D eigenvalue weighted by atomic mass is 19.1. The molecule has 49 heavy (non-hydrogen) atoms. The van der Waals surface area contributed by atoms with E-state index in [9.17, 15) is 23.6 Å². The quantitative estimate of drug-likeness (QED) is 0.163. The summed E-state index contributed by atoms with van der Waals surface area (Å²) in [6.45, 7) is 6.61. The van der Waals surface area contributed by atoms with Crippen LogP contribution in [0.3, 0.4) is 0 Å². The van der Waals surface area contributed by atoms with Crippen molar-refractivity contribution in [2.45, 2.75) is 52.3 Å². The zero-order valence-electron chi connectivity index (χ0n) is 27.3. The summed E-state index contributed by atoms with van der Waals surface area (Å²) in [5.74, 6) is -2.26. The number of halogens is 1. The van der Waals surface area contributed by atoms with Crippen molar-refractivity contribution in [2.75, 3.05) is 5.32 Å². The summed E-state index contributed by atoms with van der Waals surface area (Å²) >= 11 is 0. The molecule has 3 aromatic carbocycles. The minimum atomic E-state index is -1.09. The second kappa shape index (κ2) is 14.8. The van der Waals surface area contributed by atoms with Crippen LogP contribution in [0.5, 0.6) is 0 Å². The Bertz CT molecular complexity index is 1990. The first-order chi connectivity index (χ1) is 23.4. The zero-order valence-corrected chi connectivity index (χ0v) is 27.3. The van der Waals surface area contributed by atoms with Crippen molar-refractivity contribution in [1.29, 1.82) is 0 Å². The number of nitrogens with one attached hydrogen (secondary N) is 2. The second-order valence-corrected chi connectivity index (χ2v) is 12.1. The third-order valence-electron chi connectivity index (χ3n) is 7.83. The Morgan fingerprint density at radius 1 is 0.939 bits per heavy atom. The Kier molecular flexibility index (Phi) is 10.4. The first-order valence-electron chi connectivity index (χ1n) is 15.5. The molecule has 0 fully saturated rings. The van der Waals surface area contributed by atoms with Crippen molar-refractivity contribution in [3.05, 3.63) is 130 Å². The number of hydrogen-bond acceptors (Lipinski definition) is 9. The molecular formula is C36H35FN6O6. The molecule has 2 amide bonds. The van der Waals surface area contributed by atoms with E-state index in [0.29, 0.717) is 5.56 Å². The van der Waals surface area contributed by atoms with Gasteiger partial charge in [0.1, 0.15) is 30.5 Å². The average Bonchev–Trinajstić information content (AvgIpc) is 3.61. The van der Waals surface area contributed by atoms with E-state index in [-0.39, 0.29) is 29.9 Å². The molecule has 5 aromatic rings. The van der Waals surface area contributed by atoms with Gasteiger partial charge in [-0.1, -0.05) is 74.5 Å². The molecule has 1 atom stereocenters. The smallest absolute Gasteiger partial charge is 0.412 e. The number of carbonyl (C=O) groups excluding carboxylic acids is 3. The lowest BCUT2D eigenvalue weighted by Gasteiger charge is -2.21. The summed E-state index contributed by atoms with van der Waals surface area (Å²) in [5, 5.41) is 13.2. The number of amides is 2. The fraction of sp³-hybridized carbons (Fsp3) is 0.250. The monoisotopic (exact) mass is 666 g/mol. The lowest BCUT2D eigenvalue weighted by atomic mass is 9.85. The number of aromatic nitrogens is 4. The van der Waals surface area contributed by atoms with E-state index in [0.717, 1.165) is 21.9 Å². The maximum Gasteiger partial charge on any atom is 0.412 e. The average molecular weight is 667 g/mol. The van der Waals surface area contributed by atoms with Crippen molar-refractivity contribution in [3.63, 3.8) is 0 Å². The third-order valence-corrected chi connectivity index (χ3v) is 7.83. The highest BCUT2D eigenvalue weighted by Gasteiger charge is 2.34. The minimum absolute atomic E-state index is 0.0282. The first-order valence-corrected chi connectivity index (χ1v) is 15.5. The lowest BCUT2D eigenvalue weighted by molar-refractivity contribution is -0.122. The molecule has 0 spiro atoms. The molecule has 13 heteroatoms. The van der Waals surface area contributed by atoms with Crippen LogP contribution in [0.2, 0.25) is 0 Å². The molecule has 2 heterocycles. The van der Waals surface area contributed by atoms with Gasteiger partial charge in [0.15, 0.2) is 0 Å². The van der Waals surface area contributed by atoms with E-state index in [1.165, 1.54) is 24.3 Å². The van der Waals surface area contributed by atoms with Crippen molar-refractivity contribution < 1.29 is 27.9 Å². The summed E-state index contributed by atoms with van der Waals surface area (Å²) in [6, 6.07) is 22.5. The Morgan fingerprint density at radius 2 is 1.59 bits per heavy atom. The summed E-state index contributed by atoms with van der Waals surface area (Å²) < 4.78 is 25.8. The molecule has 0 aliphatic carbocycles. The Morgan fingerprint density at radius 3 is 2.24 bits per heavy atom. The van der Waals surface area contributed by atoms with Gasteiger partial charge in [-0.05, 0) is 55.2 Å². The minimum Gasteiger partial charge on any atom is -0.444 e. The highest BCUT2D eigenvalue weighted by Crippen LogP contribution is 2.30. The van der Waals surface area contributed by atoms with E-state index < -0.39 is 53.1 Å². The van der Waals surface area contributed by atoms with Crippen LogP contribution in [0.15, 0.2) is 100 Å². The fourth-order valence-electron chi connectivity index (χ4n) is 5.01. The van der Waals surface area contributed by atoms with Gasteiger partial charge in [0.2, 0.25) is 17.6 Å². The van der Waals surface area contributed by atoms with Crippen LogP contribution in [0, 0.1) is 11.7 Å². The van der Waals surface area contributed by atoms with Gasteiger partial charge in [-0.25, -0.2) is 14.2 Å². The summed E-state index contributed by atoms with van der Waals surface area (Å²) in [7, 11) is 0. The number of Topliss-reactive ketones (excluding diaryl/α,β-unsaturated/α-hetero) is 1. The topological polar surface area (TPSA) is 158 Å². The number of benzene rings is 3. The number of anilines is 1. The number of rotatable bonds is 12. The standard InChI is InChI=1S/C36H35FN6O6/c1-22(2)29(30(45)32-41-42-34(49-32)36(3,4)25-13-9-6-10-14-25)40-28(44)20-43-31(24-15-17-26(37)18-16-24)38-19-27(33(43)46)39-35(47)48-21-23-11-7-5-8-12-23/h5-19,22,29H,20-21H2,1-4H3,(H,39,47)(H,40,44). The van der Waals surface area contributed by atoms with E-state index in [1.54, 1.807) is 38.1 Å². The van der Waals surface area contributed by atoms with Gasteiger partial charge in [-0.15, -0.1) is 10.2 Å². The van der Waals surface area contributed by atoms with Crippen LogP contribution in [0.1, 0.15) is 55.4 Å². The molecule has 2 aromatic heterocycles. The van der Waals surface area contributed by atoms with Crippen molar-refractivity contribution in [1.82, 2.24) is 25.1 Å². The van der Waals surface area contributed by atoms with Crippen LogP contribution in [-0.4, -0.2) is 43.6 Å². The normalized spacial score (nSPS) is 12.0. The Balaban J connectivity index is 1.37. The summed E-state index contributed by atoms with van der Waals surface area (Å²) in [4.78, 5) is 57.6. The van der Waals surface area contributed by atoms with E-state index in [2.05, 4.69) is 25.8 Å². The van der Waals surface area contributed by atoms with E-state index in [1.807, 2.05) is 50.2 Å². The molecule has 0 aliphatic heterocycles. The number of ether oxygens (including phenoxy) is 1. The van der Waals surface area contributed by atoms with Gasteiger partial charge in [0, 0.05) is 5.56 Å². The van der Waals surface area contributed by atoms with Crippen molar-refractivity contribution in [2.24, 2.45) is 5.92 Å². The van der Waals surface area contributed by atoms with Crippen molar-refractivity contribution >= 4 is 23.5 Å². The molecule has 0 aliphatic rings. The predicted octanol–water partition coefficient (Wildman–Crippen LogP) is 5.53. The van der Waals surface area contributed by atoms with Crippen LogP contribution in [0.25, 0.3) is 11.4 Å². The molecule has 1 unspecified atom stereocenters. The summed E-state index contributed by atoms with van der Waals surface area (Å²) in [5.41, 5.74) is 0.249. The van der Waals surface area contributed by atoms with Gasteiger partial charge < -0.3 is 14.5 Å². The maximum atomic E-state index is 13.7. The predicted molar refractivity (Wildman–Crippen MR) is 178 cm³/mol. The van der Waals surface area contributed by atoms with Crippen molar-refractivity contribution in [3.8, 4) is 11.4 Å².